The molecule has 0 aromatic carbocycles. The molecule has 1 aliphatic rings. The van der Waals surface area contributed by atoms with Crippen LogP contribution < -0.4 is 5.32 Å². The van der Waals surface area contributed by atoms with Gasteiger partial charge in [0.15, 0.2) is 0 Å². The number of carbonyl (C=O) groups excluding carboxylic acids is 2. The third-order valence-corrected chi connectivity index (χ3v) is 2.85. The molecule has 0 aliphatic heterocycles. The minimum Gasteiger partial charge on any atom is -0.464 e. The predicted molar refractivity (Wildman–Crippen MR) is 60.9 cm³/mol. The average Bonchev–Trinajstić information content (AvgIpc) is 2.79. The lowest BCUT2D eigenvalue weighted by molar-refractivity contribution is -0.137. The Hall–Kier alpha value is -1.03. The normalized spacial score (nSPS) is 17.2. The van der Waals surface area contributed by atoms with Crippen molar-refractivity contribution in [1.29, 1.82) is 0 Å². The smallest absolute Gasteiger partial charge is 0.354 e. The van der Waals surface area contributed by atoms with E-state index in [9.17, 15) is 9.59 Å². The van der Waals surface area contributed by atoms with Crippen molar-refractivity contribution in [2.24, 2.45) is 5.92 Å². The van der Waals surface area contributed by atoms with E-state index in [0.717, 1.165) is 12.8 Å². The van der Waals surface area contributed by atoms with Crippen LogP contribution in [0.25, 0.3) is 0 Å². The van der Waals surface area contributed by atoms with Crippen LogP contribution in [-0.4, -0.2) is 24.9 Å². The van der Waals surface area contributed by atoms with Gasteiger partial charge < -0.3 is 10.1 Å². The van der Waals surface area contributed by atoms with Crippen LogP contribution in [0.1, 0.15) is 25.7 Å². The Morgan fingerprint density at radius 2 is 2.06 bits per heavy atom. The maximum atomic E-state index is 11.4. The highest BCUT2D eigenvalue weighted by Gasteiger charge is 2.18. The molecule has 1 amide bonds. The lowest BCUT2D eigenvalue weighted by Gasteiger charge is -2.09. The number of esters is 1. The summed E-state index contributed by atoms with van der Waals surface area (Å²) in [5, 5.41) is 2.46. The van der Waals surface area contributed by atoms with Crippen molar-refractivity contribution in [2.45, 2.75) is 25.7 Å². The molecular formula is C11H16ClNO3. The predicted octanol–water partition coefficient (Wildman–Crippen LogP) is 1.59. The van der Waals surface area contributed by atoms with Crippen molar-refractivity contribution >= 4 is 23.5 Å². The van der Waals surface area contributed by atoms with Gasteiger partial charge in [-0.15, -0.1) is 11.6 Å². The van der Waals surface area contributed by atoms with Gasteiger partial charge in [-0.2, -0.15) is 0 Å². The van der Waals surface area contributed by atoms with Gasteiger partial charge >= 0.3 is 5.97 Å². The second-order valence-corrected chi connectivity index (χ2v) is 4.07. The number of rotatable bonds is 4. The van der Waals surface area contributed by atoms with Crippen LogP contribution in [0.5, 0.6) is 0 Å². The number of hydrogen-bond acceptors (Lipinski definition) is 3. The first kappa shape index (κ1) is 13.0. The van der Waals surface area contributed by atoms with E-state index < -0.39 is 11.9 Å². The summed E-state index contributed by atoms with van der Waals surface area (Å²) >= 11 is 5.37. The van der Waals surface area contributed by atoms with Gasteiger partial charge in [0.1, 0.15) is 11.6 Å². The Kier molecular flexibility index (Phi) is 5.32. The molecule has 0 atom stereocenters. The number of ether oxygens (including phenoxy) is 1. The molecule has 1 saturated carbocycles. The molecule has 0 aromatic rings. The summed E-state index contributed by atoms with van der Waals surface area (Å²) in [6, 6.07) is 0. The van der Waals surface area contributed by atoms with Crippen LogP contribution in [0.2, 0.25) is 0 Å². The van der Waals surface area contributed by atoms with Crippen LogP contribution in [0, 0.1) is 5.92 Å². The summed E-state index contributed by atoms with van der Waals surface area (Å²) in [5.41, 5.74) is 0.208. The molecule has 0 saturated heterocycles. The summed E-state index contributed by atoms with van der Waals surface area (Å²) in [5.74, 6) is -0.731. The lowest BCUT2D eigenvalue weighted by atomic mass is 10.1. The van der Waals surface area contributed by atoms with E-state index in [2.05, 4.69) is 10.1 Å². The summed E-state index contributed by atoms with van der Waals surface area (Å²) < 4.78 is 4.60. The van der Waals surface area contributed by atoms with E-state index in [4.69, 9.17) is 11.6 Å². The minimum absolute atomic E-state index is 0.168. The molecule has 1 fully saturated rings. The van der Waals surface area contributed by atoms with Crippen molar-refractivity contribution in [1.82, 2.24) is 5.32 Å². The number of nitrogens with one attached hydrogen (secondary N) is 1. The van der Waals surface area contributed by atoms with E-state index in [0.29, 0.717) is 5.92 Å². The van der Waals surface area contributed by atoms with Gasteiger partial charge in [0.05, 0.1) is 7.11 Å². The van der Waals surface area contributed by atoms with Crippen LogP contribution >= 0.6 is 11.6 Å². The second-order valence-electron chi connectivity index (χ2n) is 3.80. The van der Waals surface area contributed by atoms with Crippen LogP contribution in [0.4, 0.5) is 0 Å². The fourth-order valence-electron chi connectivity index (χ4n) is 1.81. The van der Waals surface area contributed by atoms with Crippen molar-refractivity contribution in [3.05, 3.63) is 11.8 Å². The standard InChI is InChI=1S/C11H16ClNO3/c1-16-11(15)9(13-10(14)7-12)6-8-4-2-3-5-8/h6,8H,2-5,7H2,1H3,(H,13,14). The summed E-state index contributed by atoms with van der Waals surface area (Å²) in [6.45, 7) is 0. The fourth-order valence-corrected chi connectivity index (χ4v) is 1.88. The Labute approximate surface area is 100.0 Å². The summed E-state index contributed by atoms with van der Waals surface area (Å²) in [7, 11) is 1.29. The molecule has 0 unspecified atom stereocenters. The third kappa shape index (κ3) is 3.85. The molecule has 0 aromatic heterocycles. The van der Waals surface area contributed by atoms with E-state index in [-0.39, 0.29) is 11.6 Å². The molecule has 0 radical (unpaired) electrons. The van der Waals surface area contributed by atoms with Crippen molar-refractivity contribution in [2.75, 3.05) is 13.0 Å². The first-order chi connectivity index (χ1) is 7.67. The zero-order valence-electron chi connectivity index (χ0n) is 9.29. The van der Waals surface area contributed by atoms with E-state index in [1.165, 1.54) is 20.0 Å². The Bertz CT molecular complexity index is 296. The summed E-state index contributed by atoms with van der Waals surface area (Å²) in [4.78, 5) is 22.5. The number of methoxy groups -OCH3 is 1. The third-order valence-electron chi connectivity index (χ3n) is 2.60. The molecule has 5 heteroatoms. The zero-order valence-corrected chi connectivity index (χ0v) is 10.0. The topological polar surface area (TPSA) is 55.4 Å². The second kappa shape index (κ2) is 6.53. The molecule has 0 bridgehead atoms. The van der Waals surface area contributed by atoms with E-state index in [1.54, 1.807) is 6.08 Å². The van der Waals surface area contributed by atoms with Gasteiger partial charge in [0.25, 0.3) is 0 Å². The minimum atomic E-state index is -0.523. The molecule has 4 nitrogen and oxygen atoms in total. The number of alkyl halides is 1. The molecule has 1 rings (SSSR count). The maximum Gasteiger partial charge on any atom is 0.354 e. The number of hydrogen-bond donors (Lipinski definition) is 1. The fraction of sp³-hybridized carbons (Fsp3) is 0.636. The Morgan fingerprint density at radius 1 is 1.44 bits per heavy atom. The summed E-state index contributed by atoms with van der Waals surface area (Å²) in [6.07, 6.45) is 6.22. The highest BCUT2D eigenvalue weighted by molar-refractivity contribution is 6.27. The van der Waals surface area contributed by atoms with Gasteiger partial charge in [-0.25, -0.2) is 4.79 Å². The Balaban J connectivity index is 2.69. The van der Waals surface area contributed by atoms with Gasteiger partial charge in [0, 0.05) is 0 Å². The molecule has 0 spiro atoms. The zero-order chi connectivity index (χ0) is 12.0. The maximum absolute atomic E-state index is 11.4. The van der Waals surface area contributed by atoms with Crippen LogP contribution in [0.3, 0.4) is 0 Å². The van der Waals surface area contributed by atoms with Crippen molar-refractivity contribution in [3.8, 4) is 0 Å². The monoisotopic (exact) mass is 245 g/mol. The van der Waals surface area contributed by atoms with Crippen LogP contribution in [0.15, 0.2) is 11.8 Å². The van der Waals surface area contributed by atoms with Gasteiger partial charge in [0.2, 0.25) is 5.91 Å². The van der Waals surface area contributed by atoms with Crippen molar-refractivity contribution < 1.29 is 14.3 Å². The number of allylic oxidation sites excluding steroid dienone is 1. The number of carbonyl (C=O) groups is 2. The molecule has 1 N–H and O–H groups in total. The van der Waals surface area contributed by atoms with Gasteiger partial charge in [-0.3, -0.25) is 4.79 Å². The van der Waals surface area contributed by atoms with Crippen LogP contribution in [-0.2, 0) is 14.3 Å². The molecule has 0 heterocycles. The molecule has 90 valence electrons. The largest absolute Gasteiger partial charge is 0.464 e. The molecule has 1 aliphatic carbocycles. The number of amides is 1. The van der Waals surface area contributed by atoms with E-state index in [1.807, 2.05) is 0 Å². The van der Waals surface area contributed by atoms with Gasteiger partial charge in [-0.05, 0) is 18.8 Å². The molecular weight excluding hydrogens is 230 g/mol. The van der Waals surface area contributed by atoms with Gasteiger partial charge in [-0.1, -0.05) is 18.9 Å². The molecule has 16 heavy (non-hydrogen) atoms. The Morgan fingerprint density at radius 3 is 2.56 bits per heavy atom. The quantitative estimate of drug-likeness (QED) is 0.465. The van der Waals surface area contributed by atoms with Crippen molar-refractivity contribution in [3.63, 3.8) is 0 Å². The highest BCUT2D eigenvalue weighted by Crippen LogP contribution is 2.26. The van der Waals surface area contributed by atoms with E-state index >= 15 is 0 Å². The lowest BCUT2D eigenvalue weighted by Crippen LogP contribution is -2.29. The first-order valence-corrected chi connectivity index (χ1v) is 5.86. The highest BCUT2D eigenvalue weighted by atomic mass is 35.5. The average molecular weight is 246 g/mol. The first-order valence-electron chi connectivity index (χ1n) is 5.33. The number of halogens is 1. The SMILES string of the molecule is COC(=O)C(=CC1CCCC1)NC(=O)CCl.